The van der Waals surface area contributed by atoms with Crippen LogP contribution in [0.2, 0.25) is 0 Å². The highest BCUT2D eigenvalue weighted by molar-refractivity contribution is 5.44. The standard InChI is InChI=1S/C14H21NO2/c1-5-17-14-9-11(6-7-13(14)16-4)12(15)8-10(2)3/h6-7,9,12H,2,5,8,15H2,1,3-4H3/t12-/m0/s1. The van der Waals surface area contributed by atoms with Gasteiger partial charge >= 0.3 is 0 Å². The van der Waals surface area contributed by atoms with Crippen molar-refractivity contribution in [3.05, 3.63) is 35.9 Å². The molecule has 1 aromatic carbocycles. The van der Waals surface area contributed by atoms with Crippen LogP contribution in [0.1, 0.15) is 31.9 Å². The van der Waals surface area contributed by atoms with Gasteiger partial charge in [-0.3, -0.25) is 0 Å². The zero-order chi connectivity index (χ0) is 12.8. The molecule has 0 saturated carbocycles. The van der Waals surface area contributed by atoms with E-state index in [1.54, 1.807) is 7.11 Å². The van der Waals surface area contributed by atoms with Gasteiger partial charge in [-0.05, 0) is 38.0 Å². The van der Waals surface area contributed by atoms with E-state index in [1.165, 1.54) is 0 Å². The summed E-state index contributed by atoms with van der Waals surface area (Å²) in [6.45, 7) is 8.41. The van der Waals surface area contributed by atoms with Crippen molar-refractivity contribution in [2.24, 2.45) is 5.73 Å². The second-order valence-corrected chi connectivity index (χ2v) is 4.11. The average molecular weight is 235 g/mol. The Labute approximate surface area is 103 Å². The first-order valence-electron chi connectivity index (χ1n) is 5.79. The largest absolute Gasteiger partial charge is 0.493 e. The lowest BCUT2D eigenvalue weighted by atomic mass is 10.0. The molecule has 0 bridgehead atoms. The van der Waals surface area contributed by atoms with Crippen LogP contribution in [0.25, 0.3) is 0 Å². The Hall–Kier alpha value is -1.48. The number of hydrogen-bond donors (Lipinski definition) is 1. The van der Waals surface area contributed by atoms with Crippen LogP contribution >= 0.6 is 0 Å². The third kappa shape index (κ3) is 3.79. The summed E-state index contributed by atoms with van der Waals surface area (Å²) >= 11 is 0. The van der Waals surface area contributed by atoms with E-state index >= 15 is 0 Å². The Balaban J connectivity index is 2.94. The molecule has 1 atom stereocenters. The number of ether oxygens (including phenoxy) is 2. The van der Waals surface area contributed by atoms with Gasteiger partial charge in [0.25, 0.3) is 0 Å². The third-order valence-corrected chi connectivity index (χ3v) is 2.48. The minimum Gasteiger partial charge on any atom is -0.493 e. The summed E-state index contributed by atoms with van der Waals surface area (Å²) < 4.78 is 10.8. The van der Waals surface area contributed by atoms with Crippen LogP contribution in [-0.4, -0.2) is 13.7 Å². The van der Waals surface area contributed by atoms with Crippen molar-refractivity contribution in [3.63, 3.8) is 0 Å². The Morgan fingerprint density at radius 3 is 2.65 bits per heavy atom. The van der Waals surface area contributed by atoms with E-state index in [2.05, 4.69) is 6.58 Å². The Bertz CT molecular complexity index is 388. The van der Waals surface area contributed by atoms with Gasteiger partial charge < -0.3 is 15.2 Å². The number of benzene rings is 1. The summed E-state index contributed by atoms with van der Waals surface area (Å²) in [5.74, 6) is 1.47. The summed E-state index contributed by atoms with van der Waals surface area (Å²) in [6.07, 6.45) is 0.776. The monoisotopic (exact) mass is 235 g/mol. The fourth-order valence-electron chi connectivity index (χ4n) is 1.69. The molecule has 0 aliphatic rings. The molecule has 94 valence electrons. The lowest BCUT2D eigenvalue weighted by Crippen LogP contribution is -2.10. The predicted molar refractivity (Wildman–Crippen MR) is 70.5 cm³/mol. The van der Waals surface area contributed by atoms with Gasteiger partial charge in [-0.1, -0.05) is 11.6 Å². The molecule has 0 saturated heterocycles. The van der Waals surface area contributed by atoms with E-state index in [9.17, 15) is 0 Å². The molecule has 0 radical (unpaired) electrons. The molecule has 1 aromatic rings. The summed E-state index contributed by atoms with van der Waals surface area (Å²) in [5, 5.41) is 0. The average Bonchev–Trinajstić information content (AvgIpc) is 2.28. The number of hydrogen-bond acceptors (Lipinski definition) is 3. The van der Waals surface area contributed by atoms with Crippen LogP contribution < -0.4 is 15.2 Å². The van der Waals surface area contributed by atoms with E-state index in [0.717, 1.165) is 29.1 Å². The molecule has 0 spiro atoms. The summed E-state index contributed by atoms with van der Waals surface area (Å²) in [7, 11) is 1.63. The zero-order valence-electron chi connectivity index (χ0n) is 10.8. The number of methoxy groups -OCH3 is 1. The molecule has 1 rings (SSSR count). The molecule has 0 heterocycles. The molecule has 0 fully saturated rings. The van der Waals surface area contributed by atoms with Crippen molar-refractivity contribution >= 4 is 0 Å². The van der Waals surface area contributed by atoms with Crippen LogP contribution in [-0.2, 0) is 0 Å². The zero-order valence-corrected chi connectivity index (χ0v) is 10.8. The van der Waals surface area contributed by atoms with Crippen molar-refractivity contribution in [1.29, 1.82) is 0 Å². The fraction of sp³-hybridized carbons (Fsp3) is 0.429. The van der Waals surface area contributed by atoms with Crippen LogP contribution in [0.15, 0.2) is 30.4 Å². The first-order chi connectivity index (χ1) is 8.08. The maximum Gasteiger partial charge on any atom is 0.161 e. The summed E-state index contributed by atoms with van der Waals surface area (Å²) in [4.78, 5) is 0. The lowest BCUT2D eigenvalue weighted by Gasteiger charge is -2.15. The van der Waals surface area contributed by atoms with Crippen molar-refractivity contribution in [1.82, 2.24) is 0 Å². The Morgan fingerprint density at radius 1 is 1.41 bits per heavy atom. The molecule has 2 N–H and O–H groups in total. The lowest BCUT2D eigenvalue weighted by molar-refractivity contribution is 0.310. The first-order valence-corrected chi connectivity index (χ1v) is 5.79. The molecule has 0 aromatic heterocycles. The maximum absolute atomic E-state index is 6.10. The molecule has 3 heteroatoms. The van der Waals surface area contributed by atoms with E-state index in [-0.39, 0.29) is 6.04 Å². The van der Waals surface area contributed by atoms with Crippen molar-refractivity contribution in [3.8, 4) is 11.5 Å². The van der Waals surface area contributed by atoms with E-state index in [4.69, 9.17) is 15.2 Å². The van der Waals surface area contributed by atoms with Crippen LogP contribution in [0, 0.1) is 0 Å². The van der Waals surface area contributed by atoms with Gasteiger partial charge in [0.1, 0.15) is 0 Å². The molecular weight excluding hydrogens is 214 g/mol. The van der Waals surface area contributed by atoms with Crippen molar-refractivity contribution < 1.29 is 9.47 Å². The molecule has 17 heavy (non-hydrogen) atoms. The van der Waals surface area contributed by atoms with Gasteiger partial charge in [-0.2, -0.15) is 0 Å². The van der Waals surface area contributed by atoms with Crippen LogP contribution in [0.4, 0.5) is 0 Å². The quantitative estimate of drug-likeness (QED) is 0.771. The van der Waals surface area contributed by atoms with Crippen molar-refractivity contribution in [2.75, 3.05) is 13.7 Å². The molecule has 0 aliphatic carbocycles. The Kier molecular flexibility index (Phi) is 5.04. The van der Waals surface area contributed by atoms with Gasteiger partial charge in [0, 0.05) is 6.04 Å². The minimum atomic E-state index is -0.0439. The minimum absolute atomic E-state index is 0.0439. The third-order valence-electron chi connectivity index (χ3n) is 2.48. The van der Waals surface area contributed by atoms with Gasteiger partial charge in [0.15, 0.2) is 11.5 Å². The fourth-order valence-corrected chi connectivity index (χ4v) is 1.69. The summed E-state index contributed by atoms with van der Waals surface area (Å²) in [5.41, 5.74) is 8.21. The smallest absolute Gasteiger partial charge is 0.161 e. The van der Waals surface area contributed by atoms with E-state index in [1.807, 2.05) is 32.0 Å². The van der Waals surface area contributed by atoms with Gasteiger partial charge in [-0.15, -0.1) is 6.58 Å². The molecule has 3 nitrogen and oxygen atoms in total. The van der Waals surface area contributed by atoms with Crippen LogP contribution in [0.3, 0.4) is 0 Å². The van der Waals surface area contributed by atoms with E-state index in [0.29, 0.717) is 6.61 Å². The normalized spacial score (nSPS) is 12.0. The highest BCUT2D eigenvalue weighted by atomic mass is 16.5. The highest BCUT2D eigenvalue weighted by Crippen LogP contribution is 2.31. The highest BCUT2D eigenvalue weighted by Gasteiger charge is 2.10. The molecule has 0 unspecified atom stereocenters. The van der Waals surface area contributed by atoms with Crippen molar-refractivity contribution in [2.45, 2.75) is 26.3 Å². The van der Waals surface area contributed by atoms with Gasteiger partial charge in [-0.25, -0.2) is 0 Å². The summed E-state index contributed by atoms with van der Waals surface area (Å²) in [6, 6.07) is 5.75. The molecule has 0 aliphatic heterocycles. The van der Waals surface area contributed by atoms with Gasteiger partial charge in [0.05, 0.1) is 13.7 Å². The predicted octanol–water partition coefficient (Wildman–Crippen LogP) is 3.06. The Morgan fingerprint density at radius 2 is 2.12 bits per heavy atom. The van der Waals surface area contributed by atoms with Gasteiger partial charge in [0.2, 0.25) is 0 Å². The second-order valence-electron chi connectivity index (χ2n) is 4.11. The number of rotatable bonds is 6. The van der Waals surface area contributed by atoms with E-state index < -0.39 is 0 Å². The molecule has 0 amide bonds. The SMILES string of the molecule is C=C(C)C[C@H](N)c1ccc(OC)c(OCC)c1. The number of nitrogens with two attached hydrogens (primary N) is 1. The molecular formula is C14H21NO2. The maximum atomic E-state index is 6.10. The first kappa shape index (κ1) is 13.6. The van der Waals surface area contributed by atoms with Crippen LogP contribution in [0.5, 0.6) is 11.5 Å². The second kappa shape index (κ2) is 6.30. The topological polar surface area (TPSA) is 44.5 Å².